The summed E-state index contributed by atoms with van der Waals surface area (Å²) in [6, 6.07) is 3.53. The number of carbonyl (C=O) groups is 1. The second kappa shape index (κ2) is 6.01. The number of hydrogen-bond acceptors (Lipinski definition) is 4. The largest absolute Gasteiger partial charge is 0.417 e. The van der Waals surface area contributed by atoms with Gasteiger partial charge in [-0.3, -0.25) is 14.5 Å². The van der Waals surface area contributed by atoms with Gasteiger partial charge in [0.2, 0.25) is 0 Å². The first-order valence-corrected chi connectivity index (χ1v) is 6.70. The molecule has 0 radical (unpaired) electrons. The Bertz CT molecular complexity index is 790. The van der Waals surface area contributed by atoms with E-state index >= 15 is 0 Å². The standard InChI is InChI=1S/C14H10ClF3N4O/c1-7-11(13(15)22(2)21-7)12(23)9(5-19)10-4-3-8(6-20-10)14(16,17)18/h3-4,6,9H,1-2H3. The number of aryl methyl sites for hydroxylation is 2. The van der Waals surface area contributed by atoms with Crippen LogP contribution in [0.4, 0.5) is 13.2 Å². The molecule has 0 aromatic carbocycles. The average Bonchev–Trinajstić information content (AvgIpc) is 2.72. The van der Waals surface area contributed by atoms with Gasteiger partial charge in [0.1, 0.15) is 5.15 Å². The Kier molecular flexibility index (Phi) is 4.43. The van der Waals surface area contributed by atoms with Gasteiger partial charge in [-0.25, -0.2) is 0 Å². The minimum Gasteiger partial charge on any atom is -0.292 e. The lowest BCUT2D eigenvalue weighted by molar-refractivity contribution is -0.137. The van der Waals surface area contributed by atoms with E-state index in [-0.39, 0.29) is 16.4 Å². The van der Waals surface area contributed by atoms with Crippen LogP contribution in [-0.2, 0) is 13.2 Å². The fourth-order valence-electron chi connectivity index (χ4n) is 2.06. The molecule has 0 aliphatic heterocycles. The normalized spacial score (nSPS) is 12.7. The van der Waals surface area contributed by atoms with Gasteiger partial charge in [-0.05, 0) is 19.1 Å². The molecule has 0 N–H and O–H groups in total. The molecule has 1 unspecified atom stereocenters. The highest BCUT2D eigenvalue weighted by Gasteiger charge is 2.33. The molecule has 0 fully saturated rings. The Hall–Kier alpha value is -2.40. The fraction of sp³-hybridized carbons (Fsp3) is 0.286. The van der Waals surface area contributed by atoms with Crippen molar-refractivity contribution in [2.75, 3.05) is 0 Å². The first-order chi connectivity index (χ1) is 10.7. The number of alkyl halides is 3. The van der Waals surface area contributed by atoms with E-state index in [9.17, 15) is 23.2 Å². The Morgan fingerprint density at radius 2 is 2.09 bits per heavy atom. The van der Waals surface area contributed by atoms with Crippen molar-refractivity contribution in [1.29, 1.82) is 5.26 Å². The summed E-state index contributed by atoms with van der Waals surface area (Å²) in [5, 5.41) is 13.3. The monoisotopic (exact) mass is 342 g/mol. The molecule has 0 aliphatic rings. The summed E-state index contributed by atoms with van der Waals surface area (Å²) in [5.41, 5.74) is -0.650. The maximum atomic E-state index is 12.5. The van der Waals surface area contributed by atoms with Crippen LogP contribution < -0.4 is 0 Å². The Labute approximate surface area is 134 Å². The third kappa shape index (κ3) is 3.19. The third-order valence-corrected chi connectivity index (χ3v) is 3.63. The van der Waals surface area contributed by atoms with Crippen molar-refractivity contribution in [3.63, 3.8) is 0 Å². The summed E-state index contributed by atoms with van der Waals surface area (Å²) in [5.74, 6) is -2.02. The average molecular weight is 343 g/mol. The Morgan fingerprint density at radius 1 is 1.43 bits per heavy atom. The molecule has 9 heteroatoms. The van der Waals surface area contributed by atoms with Crippen LogP contribution in [0.3, 0.4) is 0 Å². The molecule has 23 heavy (non-hydrogen) atoms. The van der Waals surface area contributed by atoms with Crippen LogP contribution in [0.25, 0.3) is 0 Å². The summed E-state index contributed by atoms with van der Waals surface area (Å²) < 4.78 is 38.9. The highest BCUT2D eigenvalue weighted by atomic mass is 35.5. The van der Waals surface area contributed by atoms with Crippen LogP contribution >= 0.6 is 11.6 Å². The summed E-state index contributed by atoms with van der Waals surface area (Å²) in [6.07, 6.45) is -3.95. The van der Waals surface area contributed by atoms with Crippen LogP contribution in [0.15, 0.2) is 18.3 Å². The van der Waals surface area contributed by atoms with E-state index in [4.69, 9.17) is 11.6 Å². The molecule has 0 amide bonds. The van der Waals surface area contributed by atoms with Gasteiger partial charge in [0, 0.05) is 13.2 Å². The number of nitriles is 1. The third-order valence-electron chi connectivity index (χ3n) is 3.20. The molecular formula is C14H10ClF3N4O. The first-order valence-electron chi connectivity index (χ1n) is 6.33. The zero-order valence-electron chi connectivity index (χ0n) is 12.0. The van der Waals surface area contributed by atoms with E-state index in [2.05, 4.69) is 10.1 Å². The minimum absolute atomic E-state index is 0.0552. The molecule has 2 heterocycles. The van der Waals surface area contributed by atoms with E-state index in [0.717, 1.165) is 12.1 Å². The number of pyridine rings is 1. The fourth-order valence-corrected chi connectivity index (χ4v) is 2.32. The molecule has 0 saturated carbocycles. The SMILES string of the molecule is Cc1nn(C)c(Cl)c1C(=O)C(C#N)c1ccc(C(F)(F)F)cn1. The highest BCUT2D eigenvalue weighted by molar-refractivity contribution is 6.33. The second-order valence-electron chi connectivity index (χ2n) is 4.77. The van der Waals surface area contributed by atoms with E-state index in [1.54, 1.807) is 13.0 Å². The van der Waals surface area contributed by atoms with Crippen molar-refractivity contribution in [3.8, 4) is 6.07 Å². The number of aromatic nitrogens is 3. The first kappa shape index (κ1) is 17.0. The van der Waals surface area contributed by atoms with E-state index in [1.807, 2.05) is 0 Å². The lowest BCUT2D eigenvalue weighted by atomic mass is 9.95. The van der Waals surface area contributed by atoms with Crippen molar-refractivity contribution in [2.45, 2.75) is 19.0 Å². The predicted octanol–water partition coefficient (Wildman–Crippen LogP) is 3.29. The number of carbonyl (C=O) groups excluding carboxylic acids is 1. The summed E-state index contributed by atoms with van der Waals surface area (Å²) in [6.45, 7) is 1.55. The van der Waals surface area contributed by atoms with Crippen molar-refractivity contribution < 1.29 is 18.0 Å². The van der Waals surface area contributed by atoms with Gasteiger partial charge in [0.15, 0.2) is 11.7 Å². The van der Waals surface area contributed by atoms with Crippen LogP contribution in [-0.4, -0.2) is 20.5 Å². The van der Waals surface area contributed by atoms with Crippen LogP contribution in [0.1, 0.15) is 33.2 Å². The Balaban J connectivity index is 2.40. The molecule has 0 saturated heterocycles. The number of Topliss-reactive ketones (excluding diaryl/α,β-unsaturated/α-hetero) is 1. The summed E-state index contributed by atoms with van der Waals surface area (Å²) in [7, 11) is 1.53. The van der Waals surface area contributed by atoms with Gasteiger partial charge in [0.05, 0.1) is 28.6 Å². The number of halogens is 4. The molecule has 0 spiro atoms. The van der Waals surface area contributed by atoms with Gasteiger partial charge in [-0.1, -0.05) is 11.6 Å². The van der Waals surface area contributed by atoms with Crippen molar-refractivity contribution in [3.05, 3.63) is 46.0 Å². The van der Waals surface area contributed by atoms with Crippen molar-refractivity contribution in [2.24, 2.45) is 7.05 Å². The number of ketones is 1. The topological polar surface area (TPSA) is 71.6 Å². The van der Waals surface area contributed by atoms with Crippen LogP contribution in [0.5, 0.6) is 0 Å². The van der Waals surface area contributed by atoms with Crippen LogP contribution in [0.2, 0.25) is 5.15 Å². The molecule has 0 aliphatic carbocycles. The predicted molar refractivity (Wildman–Crippen MR) is 74.9 cm³/mol. The molecule has 2 rings (SSSR count). The van der Waals surface area contributed by atoms with Gasteiger partial charge in [0.25, 0.3) is 0 Å². The van der Waals surface area contributed by atoms with E-state index < -0.39 is 23.4 Å². The van der Waals surface area contributed by atoms with E-state index in [0.29, 0.717) is 11.9 Å². The highest BCUT2D eigenvalue weighted by Crippen LogP contribution is 2.30. The summed E-state index contributed by atoms with van der Waals surface area (Å²) in [4.78, 5) is 16.1. The lowest BCUT2D eigenvalue weighted by Gasteiger charge is -2.10. The second-order valence-corrected chi connectivity index (χ2v) is 5.13. The van der Waals surface area contributed by atoms with Crippen LogP contribution in [0, 0.1) is 18.3 Å². The van der Waals surface area contributed by atoms with E-state index in [1.165, 1.54) is 11.7 Å². The van der Waals surface area contributed by atoms with Gasteiger partial charge >= 0.3 is 6.18 Å². The molecule has 0 bridgehead atoms. The van der Waals surface area contributed by atoms with Crippen molar-refractivity contribution in [1.82, 2.24) is 14.8 Å². The number of rotatable bonds is 3. The molecule has 2 aromatic heterocycles. The maximum Gasteiger partial charge on any atom is 0.417 e. The van der Waals surface area contributed by atoms with Crippen molar-refractivity contribution >= 4 is 17.4 Å². The summed E-state index contributed by atoms with van der Waals surface area (Å²) >= 11 is 5.98. The lowest BCUT2D eigenvalue weighted by Crippen LogP contribution is -2.15. The smallest absolute Gasteiger partial charge is 0.292 e. The quantitative estimate of drug-likeness (QED) is 0.802. The number of nitrogens with zero attached hydrogens (tertiary/aromatic N) is 4. The molecule has 120 valence electrons. The zero-order chi connectivity index (χ0) is 17.4. The van der Waals surface area contributed by atoms with Gasteiger partial charge in [-0.15, -0.1) is 0 Å². The zero-order valence-corrected chi connectivity index (χ0v) is 12.8. The molecule has 5 nitrogen and oxygen atoms in total. The van der Waals surface area contributed by atoms with Gasteiger partial charge in [-0.2, -0.15) is 23.5 Å². The molecule has 2 aromatic rings. The molecule has 1 atom stereocenters. The number of hydrogen-bond donors (Lipinski definition) is 0. The Morgan fingerprint density at radius 3 is 2.48 bits per heavy atom. The maximum absolute atomic E-state index is 12.5. The van der Waals surface area contributed by atoms with Gasteiger partial charge < -0.3 is 0 Å². The molecular weight excluding hydrogens is 333 g/mol. The minimum atomic E-state index is -4.54.